The molecule has 1 aliphatic heterocycles. The van der Waals surface area contributed by atoms with Gasteiger partial charge in [-0.15, -0.1) is 0 Å². The molecule has 0 saturated carbocycles. The molecule has 0 aromatic heterocycles. The average molecular weight is 311 g/mol. The molecule has 3 rings (SSSR count). The first-order valence-corrected chi connectivity index (χ1v) is 7.42. The number of nitrogens with zero attached hydrogens (tertiary/aromatic N) is 2. The number of nitrogens with one attached hydrogen (secondary N) is 1. The number of carbonyl (C=O) groups excluding carboxylic acids is 1. The number of hydrogen-bond donors (Lipinski definition) is 1. The molecule has 2 aromatic rings. The first kappa shape index (κ1) is 15.0. The molecule has 0 fully saturated rings. The molecule has 0 spiro atoms. The summed E-state index contributed by atoms with van der Waals surface area (Å²) in [5.41, 5.74) is 3.66. The minimum Gasteiger partial charge on any atom is -0.362 e. The zero-order valence-electron chi connectivity index (χ0n) is 12.8. The van der Waals surface area contributed by atoms with Gasteiger partial charge in [0.15, 0.2) is 0 Å². The zero-order chi connectivity index (χ0) is 16.4. The Morgan fingerprint density at radius 2 is 2.09 bits per heavy atom. The summed E-state index contributed by atoms with van der Waals surface area (Å²) in [5.74, 6) is -0.126. The summed E-state index contributed by atoms with van der Waals surface area (Å²) in [6.45, 7) is 2.84. The largest absolute Gasteiger partial charge is 0.362 e. The molecule has 0 unspecified atom stereocenters. The van der Waals surface area contributed by atoms with Crippen molar-refractivity contribution in [2.45, 2.75) is 13.3 Å². The Bertz CT molecular complexity index is 773. The van der Waals surface area contributed by atoms with Crippen LogP contribution in [0.15, 0.2) is 42.5 Å². The second-order valence-electron chi connectivity index (χ2n) is 5.60. The fourth-order valence-electron chi connectivity index (χ4n) is 2.84. The SMILES string of the molecule is Cc1cc([N+](=O)[O-])ccc1NC(=O)CN1CCc2ccccc21. The number of anilines is 2. The molecule has 6 nitrogen and oxygen atoms in total. The lowest BCUT2D eigenvalue weighted by Gasteiger charge is -2.19. The van der Waals surface area contributed by atoms with Gasteiger partial charge in [0.2, 0.25) is 5.91 Å². The number of nitro benzene ring substituents is 1. The Kier molecular flexibility index (Phi) is 3.97. The van der Waals surface area contributed by atoms with E-state index in [0.717, 1.165) is 18.7 Å². The van der Waals surface area contributed by atoms with Crippen molar-refractivity contribution < 1.29 is 9.72 Å². The number of rotatable bonds is 4. The van der Waals surface area contributed by atoms with E-state index in [1.807, 2.05) is 23.1 Å². The van der Waals surface area contributed by atoms with Crippen molar-refractivity contribution in [3.8, 4) is 0 Å². The Morgan fingerprint density at radius 1 is 1.30 bits per heavy atom. The van der Waals surface area contributed by atoms with Gasteiger partial charge >= 0.3 is 0 Å². The highest BCUT2D eigenvalue weighted by molar-refractivity contribution is 5.95. The lowest BCUT2D eigenvalue weighted by atomic mass is 10.1. The number of non-ortho nitro benzene ring substituents is 1. The molecular weight excluding hydrogens is 294 g/mol. The molecule has 0 saturated heterocycles. The molecule has 0 radical (unpaired) electrons. The van der Waals surface area contributed by atoms with Crippen LogP contribution >= 0.6 is 0 Å². The van der Waals surface area contributed by atoms with E-state index in [1.165, 1.54) is 17.7 Å². The first-order valence-electron chi connectivity index (χ1n) is 7.42. The Morgan fingerprint density at radius 3 is 2.83 bits per heavy atom. The van der Waals surface area contributed by atoms with E-state index in [4.69, 9.17) is 0 Å². The van der Waals surface area contributed by atoms with Gasteiger partial charge < -0.3 is 10.2 Å². The highest BCUT2D eigenvalue weighted by Gasteiger charge is 2.20. The maximum absolute atomic E-state index is 12.3. The van der Waals surface area contributed by atoms with Crippen LogP contribution < -0.4 is 10.2 Å². The molecule has 0 aliphatic carbocycles. The summed E-state index contributed by atoms with van der Waals surface area (Å²) in [7, 11) is 0. The maximum Gasteiger partial charge on any atom is 0.269 e. The van der Waals surface area contributed by atoms with E-state index in [9.17, 15) is 14.9 Å². The second kappa shape index (κ2) is 6.08. The summed E-state index contributed by atoms with van der Waals surface area (Å²) in [5, 5.41) is 13.6. The van der Waals surface area contributed by atoms with E-state index in [1.54, 1.807) is 13.0 Å². The Hall–Kier alpha value is -2.89. The normalized spacial score (nSPS) is 12.8. The quantitative estimate of drug-likeness (QED) is 0.696. The number of amides is 1. The predicted molar refractivity (Wildman–Crippen MR) is 88.8 cm³/mol. The van der Waals surface area contributed by atoms with Crippen LogP contribution in [0.3, 0.4) is 0 Å². The van der Waals surface area contributed by atoms with Crippen LogP contribution in [-0.2, 0) is 11.2 Å². The Labute approximate surface area is 133 Å². The van der Waals surface area contributed by atoms with E-state index in [0.29, 0.717) is 11.3 Å². The molecular formula is C17H17N3O3. The Balaban J connectivity index is 1.68. The summed E-state index contributed by atoms with van der Waals surface area (Å²) < 4.78 is 0. The number of benzene rings is 2. The number of hydrogen-bond acceptors (Lipinski definition) is 4. The summed E-state index contributed by atoms with van der Waals surface area (Å²) >= 11 is 0. The number of nitro groups is 1. The van der Waals surface area contributed by atoms with Crippen molar-refractivity contribution >= 4 is 23.0 Å². The fraction of sp³-hybridized carbons (Fsp3) is 0.235. The first-order chi connectivity index (χ1) is 11.0. The van der Waals surface area contributed by atoms with Crippen LogP contribution in [0.5, 0.6) is 0 Å². The van der Waals surface area contributed by atoms with Crippen molar-refractivity contribution in [2.75, 3.05) is 23.3 Å². The minimum absolute atomic E-state index is 0.0222. The van der Waals surface area contributed by atoms with E-state index in [-0.39, 0.29) is 18.1 Å². The molecule has 118 valence electrons. The van der Waals surface area contributed by atoms with Crippen LogP contribution in [0, 0.1) is 17.0 Å². The second-order valence-corrected chi connectivity index (χ2v) is 5.60. The molecule has 0 bridgehead atoms. The van der Waals surface area contributed by atoms with Gasteiger partial charge in [-0.05, 0) is 36.6 Å². The summed E-state index contributed by atoms with van der Waals surface area (Å²) in [6, 6.07) is 12.5. The van der Waals surface area contributed by atoms with Crippen molar-refractivity contribution in [1.82, 2.24) is 0 Å². The molecule has 23 heavy (non-hydrogen) atoms. The van der Waals surface area contributed by atoms with Crippen LogP contribution in [0.25, 0.3) is 0 Å². The third-order valence-electron chi connectivity index (χ3n) is 4.01. The van der Waals surface area contributed by atoms with Gasteiger partial charge in [-0.1, -0.05) is 18.2 Å². The van der Waals surface area contributed by atoms with E-state index >= 15 is 0 Å². The van der Waals surface area contributed by atoms with Crippen LogP contribution in [0.1, 0.15) is 11.1 Å². The molecule has 6 heteroatoms. The molecule has 2 aromatic carbocycles. The minimum atomic E-state index is -0.445. The molecule has 1 N–H and O–H groups in total. The molecule has 0 atom stereocenters. The highest BCUT2D eigenvalue weighted by atomic mass is 16.6. The third-order valence-corrected chi connectivity index (χ3v) is 4.01. The molecule has 1 heterocycles. The number of fused-ring (bicyclic) bond motifs is 1. The number of carbonyl (C=O) groups is 1. The van der Waals surface area contributed by atoms with Crippen LogP contribution in [0.2, 0.25) is 0 Å². The smallest absolute Gasteiger partial charge is 0.269 e. The molecule has 1 amide bonds. The monoisotopic (exact) mass is 311 g/mol. The fourth-order valence-corrected chi connectivity index (χ4v) is 2.84. The number of aryl methyl sites for hydroxylation is 1. The van der Waals surface area contributed by atoms with Crippen LogP contribution in [-0.4, -0.2) is 23.9 Å². The third kappa shape index (κ3) is 3.15. The van der Waals surface area contributed by atoms with Gasteiger partial charge in [-0.25, -0.2) is 0 Å². The van der Waals surface area contributed by atoms with Gasteiger partial charge in [0, 0.05) is 30.1 Å². The number of para-hydroxylation sites is 1. The van der Waals surface area contributed by atoms with Crippen molar-refractivity contribution in [3.05, 3.63) is 63.7 Å². The van der Waals surface area contributed by atoms with Gasteiger partial charge in [0.25, 0.3) is 5.69 Å². The lowest BCUT2D eigenvalue weighted by molar-refractivity contribution is -0.384. The van der Waals surface area contributed by atoms with Gasteiger partial charge in [0.1, 0.15) is 0 Å². The van der Waals surface area contributed by atoms with Crippen LogP contribution in [0.4, 0.5) is 17.1 Å². The summed E-state index contributed by atoms with van der Waals surface area (Å²) in [6.07, 6.45) is 0.944. The maximum atomic E-state index is 12.3. The lowest BCUT2D eigenvalue weighted by Crippen LogP contribution is -2.32. The topological polar surface area (TPSA) is 75.5 Å². The zero-order valence-corrected chi connectivity index (χ0v) is 12.8. The van der Waals surface area contributed by atoms with E-state index < -0.39 is 4.92 Å². The molecule has 1 aliphatic rings. The van der Waals surface area contributed by atoms with Crippen molar-refractivity contribution in [3.63, 3.8) is 0 Å². The van der Waals surface area contributed by atoms with Gasteiger partial charge in [0.05, 0.1) is 11.5 Å². The van der Waals surface area contributed by atoms with Crippen molar-refractivity contribution in [1.29, 1.82) is 0 Å². The average Bonchev–Trinajstić information content (AvgIpc) is 2.92. The van der Waals surface area contributed by atoms with Gasteiger partial charge in [-0.2, -0.15) is 0 Å². The van der Waals surface area contributed by atoms with Crippen molar-refractivity contribution in [2.24, 2.45) is 0 Å². The standard InChI is InChI=1S/C17H17N3O3/c1-12-10-14(20(22)23)6-7-15(12)18-17(21)11-19-9-8-13-4-2-3-5-16(13)19/h2-7,10H,8-9,11H2,1H3,(H,18,21). The van der Waals surface area contributed by atoms with Gasteiger partial charge in [-0.3, -0.25) is 14.9 Å². The van der Waals surface area contributed by atoms with E-state index in [2.05, 4.69) is 11.4 Å². The predicted octanol–water partition coefficient (Wildman–Crippen LogP) is 2.90. The summed E-state index contributed by atoms with van der Waals surface area (Å²) in [4.78, 5) is 24.6. The highest BCUT2D eigenvalue weighted by Crippen LogP contribution is 2.27.